The average molecular weight is 226 g/mol. The van der Waals surface area contributed by atoms with Crippen LogP contribution in [0.3, 0.4) is 0 Å². The van der Waals surface area contributed by atoms with Crippen molar-refractivity contribution in [2.75, 3.05) is 6.26 Å². The molecule has 2 aromatic rings. The normalized spacial score (nSPS) is 10.4. The van der Waals surface area contributed by atoms with Crippen molar-refractivity contribution < 1.29 is 0 Å². The fourth-order valence-corrected chi connectivity index (χ4v) is 1.83. The predicted molar refractivity (Wildman–Crippen MR) is 58.2 cm³/mol. The van der Waals surface area contributed by atoms with Crippen molar-refractivity contribution in [2.24, 2.45) is 0 Å². The smallest absolute Gasteiger partial charge is 0.195 e. The van der Waals surface area contributed by atoms with Gasteiger partial charge >= 0.3 is 0 Å². The minimum atomic E-state index is 0.711. The number of halogens is 1. The molecule has 0 aliphatic carbocycles. The summed E-state index contributed by atoms with van der Waals surface area (Å²) in [4.78, 5) is 0. The van der Waals surface area contributed by atoms with Crippen LogP contribution in [0.1, 0.15) is 0 Å². The van der Waals surface area contributed by atoms with Gasteiger partial charge in [-0.05, 0) is 24.5 Å². The van der Waals surface area contributed by atoms with Gasteiger partial charge in [0.15, 0.2) is 5.16 Å². The lowest BCUT2D eigenvalue weighted by Gasteiger charge is -2.03. The van der Waals surface area contributed by atoms with Crippen molar-refractivity contribution in [1.82, 2.24) is 14.8 Å². The van der Waals surface area contributed by atoms with Crippen molar-refractivity contribution in [3.8, 4) is 5.69 Å². The second-order valence-corrected chi connectivity index (χ2v) is 3.88. The summed E-state index contributed by atoms with van der Waals surface area (Å²) in [6.45, 7) is 0. The molecule has 0 saturated heterocycles. The van der Waals surface area contributed by atoms with E-state index < -0.39 is 0 Å². The Morgan fingerprint density at radius 3 is 3.00 bits per heavy atom. The standard InChI is InChI=1S/C9H8ClN3S/c1-14-9-12-11-6-13(9)8-4-2-3-7(10)5-8/h2-6H,1H3. The summed E-state index contributed by atoms with van der Waals surface area (Å²) >= 11 is 7.45. The van der Waals surface area contributed by atoms with Crippen LogP contribution in [-0.2, 0) is 0 Å². The van der Waals surface area contributed by atoms with Gasteiger partial charge in [0.1, 0.15) is 6.33 Å². The number of nitrogens with zero attached hydrogens (tertiary/aromatic N) is 3. The fraction of sp³-hybridized carbons (Fsp3) is 0.111. The summed E-state index contributed by atoms with van der Waals surface area (Å²) in [5, 5.41) is 9.39. The number of thioether (sulfide) groups is 1. The van der Waals surface area contributed by atoms with E-state index in [2.05, 4.69) is 10.2 Å². The SMILES string of the molecule is CSc1nncn1-c1cccc(Cl)c1. The first kappa shape index (κ1) is 9.55. The van der Waals surface area contributed by atoms with Crippen LogP contribution in [0.5, 0.6) is 0 Å². The van der Waals surface area contributed by atoms with E-state index in [9.17, 15) is 0 Å². The first-order valence-corrected chi connectivity index (χ1v) is 5.61. The molecule has 1 aromatic carbocycles. The summed E-state index contributed by atoms with van der Waals surface area (Å²) < 4.78 is 1.90. The highest BCUT2D eigenvalue weighted by Gasteiger charge is 2.04. The van der Waals surface area contributed by atoms with Gasteiger partial charge in [-0.3, -0.25) is 4.57 Å². The molecule has 1 aromatic heterocycles. The van der Waals surface area contributed by atoms with Gasteiger partial charge in [-0.1, -0.05) is 29.4 Å². The van der Waals surface area contributed by atoms with Crippen molar-refractivity contribution in [1.29, 1.82) is 0 Å². The Balaban J connectivity index is 2.49. The Labute approximate surface area is 91.1 Å². The molecule has 0 saturated carbocycles. The fourth-order valence-electron chi connectivity index (χ4n) is 1.17. The second kappa shape index (κ2) is 4.02. The highest BCUT2D eigenvalue weighted by Crippen LogP contribution is 2.19. The van der Waals surface area contributed by atoms with E-state index in [1.165, 1.54) is 0 Å². The third kappa shape index (κ3) is 1.76. The predicted octanol–water partition coefficient (Wildman–Crippen LogP) is 2.64. The van der Waals surface area contributed by atoms with Crippen molar-refractivity contribution in [3.63, 3.8) is 0 Å². The molecule has 3 nitrogen and oxygen atoms in total. The van der Waals surface area contributed by atoms with Gasteiger partial charge in [0.05, 0.1) is 5.69 Å². The minimum absolute atomic E-state index is 0.711. The van der Waals surface area contributed by atoms with Crippen molar-refractivity contribution in [3.05, 3.63) is 35.6 Å². The van der Waals surface area contributed by atoms with Crippen LogP contribution in [0, 0.1) is 0 Å². The summed E-state index contributed by atoms with van der Waals surface area (Å²) in [5.74, 6) is 0. The van der Waals surface area contributed by atoms with Gasteiger partial charge in [0, 0.05) is 5.02 Å². The maximum Gasteiger partial charge on any atom is 0.195 e. The number of benzene rings is 1. The third-order valence-electron chi connectivity index (χ3n) is 1.79. The molecule has 72 valence electrons. The Kier molecular flexibility index (Phi) is 2.74. The Hall–Kier alpha value is -1.00. The molecule has 0 fully saturated rings. The number of rotatable bonds is 2. The maximum absolute atomic E-state index is 5.90. The zero-order chi connectivity index (χ0) is 9.97. The Morgan fingerprint density at radius 1 is 1.43 bits per heavy atom. The number of aromatic nitrogens is 3. The van der Waals surface area contributed by atoms with Crippen LogP contribution in [0.2, 0.25) is 5.02 Å². The average Bonchev–Trinajstić information content (AvgIpc) is 2.65. The molecule has 0 unspecified atom stereocenters. The lowest BCUT2D eigenvalue weighted by atomic mass is 10.3. The van der Waals surface area contributed by atoms with Crippen LogP contribution in [0.4, 0.5) is 0 Å². The number of hydrogen-bond acceptors (Lipinski definition) is 3. The molecule has 0 spiro atoms. The van der Waals surface area contributed by atoms with Crippen LogP contribution in [0.15, 0.2) is 35.7 Å². The van der Waals surface area contributed by atoms with Gasteiger partial charge in [0.2, 0.25) is 0 Å². The quantitative estimate of drug-likeness (QED) is 0.737. The highest BCUT2D eigenvalue weighted by molar-refractivity contribution is 7.98. The van der Waals surface area contributed by atoms with Crippen LogP contribution in [0.25, 0.3) is 5.69 Å². The largest absolute Gasteiger partial charge is 0.277 e. The molecular weight excluding hydrogens is 218 g/mol. The molecule has 0 aliphatic heterocycles. The minimum Gasteiger partial charge on any atom is -0.277 e. The van der Waals surface area contributed by atoms with Crippen molar-refractivity contribution >= 4 is 23.4 Å². The van der Waals surface area contributed by atoms with E-state index >= 15 is 0 Å². The molecule has 2 rings (SSSR count). The second-order valence-electron chi connectivity index (χ2n) is 2.67. The van der Waals surface area contributed by atoms with Gasteiger partial charge in [-0.25, -0.2) is 0 Å². The number of hydrogen-bond donors (Lipinski definition) is 0. The van der Waals surface area contributed by atoms with Gasteiger partial charge in [0.25, 0.3) is 0 Å². The zero-order valence-corrected chi connectivity index (χ0v) is 9.09. The summed E-state index contributed by atoms with van der Waals surface area (Å²) in [7, 11) is 0. The highest BCUT2D eigenvalue weighted by atomic mass is 35.5. The molecule has 5 heteroatoms. The topological polar surface area (TPSA) is 30.7 Å². The molecule has 0 radical (unpaired) electrons. The lowest BCUT2D eigenvalue weighted by molar-refractivity contribution is 0.886. The molecule has 0 atom stereocenters. The zero-order valence-electron chi connectivity index (χ0n) is 7.51. The van der Waals surface area contributed by atoms with E-state index in [4.69, 9.17) is 11.6 Å². The summed E-state index contributed by atoms with van der Waals surface area (Å²) in [6.07, 6.45) is 3.64. The van der Waals surface area contributed by atoms with E-state index in [1.54, 1.807) is 18.1 Å². The molecule has 0 aliphatic rings. The van der Waals surface area contributed by atoms with Crippen LogP contribution < -0.4 is 0 Å². The Morgan fingerprint density at radius 2 is 2.29 bits per heavy atom. The van der Waals surface area contributed by atoms with Crippen molar-refractivity contribution in [2.45, 2.75) is 5.16 Å². The van der Waals surface area contributed by atoms with Crippen LogP contribution in [-0.4, -0.2) is 21.0 Å². The molecular formula is C9H8ClN3S. The van der Waals surface area contributed by atoms with Gasteiger partial charge in [-0.2, -0.15) is 0 Å². The maximum atomic E-state index is 5.90. The summed E-state index contributed by atoms with van der Waals surface area (Å²) in [5.41, 5.74) is 0.979. The molecule has 0 bridgehead atoms. The van der Waals surface area contributed by atoms with Gasteiger partial charge in [-0.15, -0.1) is 10.2 Å². The van der Waals surface area contributed by atoms with E-state index in [0.29, 0.717) is 5.02 Å². The summed E-state index contributed by atoms with van der Waals surface area (Å²) in [6, 6.07) is 7.59. The Bertz CT molecular complexity index is 441. The van der Waals surface area contributed by atoms with E-state index in [0.717, 1.165) is 10.8 Å². The van der Waals surface area contributed by atoms with E-state index in [1.807, 2.05) is 35.1 Å². The molecule has 0 amide bonds. The van der Waals surface area contributed by atoms with Gasteiger partial charge < -0.3 is 0 Å². The van der Waals surface area contributed by atoms with E-state index in [-0.39, 0.29) is 0 Å². The third-order valence-corrected chi connectivity index (χ3v) is 2.66. The lowest BCUT2D eigenvalue weighted by Crippen LogP contribution is -1.93. The first-order valence-electron chi connectivity index (χ1n) is 4.01. The molecule has 0 N–H and O–H groups in total. The molecule has 14 heavy (non-hydrogen) atoms. The molecule has 1 heterocycles. The first-order chi connectivity index (χ1) is 6.81. The van der Waals surface area contributed by atoms with Crippen LogP contribution >= 0.6 is 23.4 Å². The monoisotopic (exact) mass is 225 g/mol.